The second kappa shape index (κ2) is 5.63. The van der Waals surface area contributed by atoms with Gasteiger partial charge in [0.25, 0.3) is 0 Å². The van der Waals surface area contributed by atoms with Gasteiger partial charge in [0.15, 0.2) is 0 Å². The summed E-state index contributed by atoms with van der Waals surface area (Å²) in [6.45, 7) is 2.33. The van der Waals surface area contributed by atoms with Crippen molar-refractivity contribution in [3.8, 4) is 11.1 Å². The SMILES string of the molecule is CN1C(=O)CC[C@]2(C)c3ccc(-c4ccccc4Cl)cc3CC[C@@H]12. The number of nitrogens with zero attached hydrogens (tertiary/aromatic N) is 1. The Morgan fingerprint density at radius 1 is 1.17 bits per heavy atom. The van der Waals surface area contributed by atoms with E-state index in [1.54, 1.807) is 0 Å². The highest BCUT2D eigenvalue weighted by atomic mass is 35.5. The zero-order chi connectivity index (χ0) is 16.9. The Labute approximate surface area is 148 Å². The maximum absolute atomic E-state index is 12.1. The summed E-state index contributed by atoms with van der Waals surface area (Å²) in [5.41, 5.74) is 5.16. The number of carbonyl (C=O) groups excluding carboxylic acids is 1. The molecular formula is C21H22ClNO. The van der Waals surface area contributed by atoms with Crippen LogP contribution in [0.25, 0.3) is 11.1 Å². The number of amides is 1. The van der Waals surface area contributed by atoms with Crippen LogP contribution < -0.4 is 0 Å². The van der Waals surface area contributed by atoms with Gasteiger partial charge in [-0.3, -0.25) is 4.79 Å². The lowest BCUT2D eigenvalue weighted by Crippen LogP contribution is -2.56. The van der Waals surface area contributed by atoms with E-state index in [-0.39, 0.29) is 11.3 Å². The summed E-state index contributed by atoms with van der Waals surface area (Å²) in [5.74, 6) is 0.286. The standard InChI is InChI=1S/C21H22ClNO/c1-21-12-11-20(24)23(2)19(21)10-8-15-13-14(7-9-17(15)21)16-5-3-4-6-18(16)22/h3-7,9,13,19H,8,10-12H2,1-2H3/t19-,21-/m1/s1. The zero-order valence-electron chi connectivity index (χ0n) is 14.2. The van der Waals surface area contributed by atoms with Crippen molar-refractivity contribution < 1.29 is 4.79 Å². The largest absolute Gasteiger partial charge is 0.342 e. The predicted octanol–water partition coefficient (Wildman–Crippen LogP) is 4.83. The number of benzene rings is 2. The molecule has 2 aromatic rings. The third-order valence-electron chi connectivity index (χ3n) is 6.05. The van der Waals surface area contributed by atoms with Gasteiger partial charge in [0.1, 0.15) is 0 Å². The molecule has 2 aromatic carbocycles. The van der Waals surface area contributed by atoms with E-state index in [1.165, 1.54) is 16.7 Å². The Bertz CT molecular complexity index is 815. The van der Waals surface area contributed by atoms with Gasteiger partial charge in [-0.1, -0.05) is 54.9 Å². The summed E-state index contributed by atoms with van der Waals surface area (Å²) in [6.07, 6.45) is 3.65. The highest BCUT2D eigenvalue weighted by Gasteiger charge is 2.46. The molecular weight excluding hydrogens is 318 g/mol. The molecule has 2 atom stereocenters. The van der Waals surface area contributed by atoms with Crippen LogP contribution in [0.15, 0.2) is 42.5 Å². The van der Waals surface area contributed by atoms with Crippen LogP contribution in [0.5, 0.6) is 0 Å². The van der Waals surface area contributed by atoms with Crippen molar-refractivity contribution in [1.82, 2.24) is 4.90 Å². The number of hydrogen-bond acceptors (Lipinski definition) is 1. The molecule has 1 heterocycles. The smallest absolute Gasteiger partial charge is 0.222 e. The number of piperidine rings is 1. The van der Waals surface area contributed by atoms with Crippen LogP contribution in [0, 0.1) is 0 Å². The maximum Gasteiger partial charge on any atom is 0.222 e. The normalized spacial score (nSPS) is 26.0. The van der Waals surface area contributed by atoms with Gasteiger partial charge in [-0.05, 0) is 42.0 Å². The van der Waals surface area contributed by atoms with E-state index in [1.807, 2.05) is 30.1 Å². The van der Waals surface area contributed by atoms with Gasteiger partial charge >= 0.3 is 0 Å². The minimum absolute atomic E-state index is 0.0647. The van der Waals surface area contributed by atoms with E-state index in [9.17, 15) is 4.79 Å². The van der Waals surface area contributed by atoms with Crippen molar-refractivity contribution >= 4 is 17.5 Å². The molecule has 2 nitrogen and oxygen atoms in total. The minimum Gasteiger partial charge on any atom is -0.342 e. The van der Waals surface area contributed by atoms with Crippen LogP contribution in [0.4, 0.5) is 0 Å². The van der Waals surface area contributed by atoms with Gasteiger partial charge in [-0.2, -0.15) is 0 Å². The number of hydrogen-bond donors (Lipinski definition) is 0. The Kier molecular flexibility index (Phi) is 3.69. The molecule has 3 heteroatoms. The van der Waals surface area contributed by atoms with Crippen LogP contribution >= 0.6 is 11.6 Å². The van der Waals surface area contributed by atoms with Crippen LogP contribution in [0.1, 0.15) is 37.3 Å². The van der Waals surface area contributed by atoms with Crippen molar-refractivity contribution in [2.24, 2.45) is 0 Å². The van der Waals surface area contributed by atoms with Gasteiger partial charge in [0, 0.05) is 35.5 Å². The average molecular weight is 340 g/mol. The van der Waals surface area contributed by atoms with Crippen molar-refractivity contribution in [2.45, 2.75) is 44.1 Å². The van der Waals surface area contributed by atoms with E-state index in [0.717, 1.165) is 29.8 Å². The van der Waals surface area contributed by atoms with E-state index in [0.29, 0.717) is 12.5 Å². The van der Waals surface area contributed by atoms with Gasteiger partial charge in [-0.25, -0.2) is 0 Å². The number of carbonyl (C=O) groups is 1. The van der Waals surface area contributed by atoms with Gasteiger partial charge < -0.3 is 4.90 Å². The highest BCUT2D eigenvalue weighted by Crippen LogP contribution is 2.46. The summed E-state index contributed by atoms with van der Waals surface area (Å²) in [5, 5.41) is 0.792. The molecule has 1 aliphatic carbocycles. The summed E-state index contributed by atoms with van der Waals surface area (Å²) in [6, 6.07) is 15.1. The van der Waals surface area contributed by atoms with E-state index < -0.39 is 0 Å². The predicted molar refractivity (Wildman–Crippen MR) is 98.4 cm³/mol. The third kappa shape index (κ3) is 2.28. The van der Waals surface area contributed by atoms with Crippen LogP contribution in [-0.4, -0.2) is 23.9 Å². The van der Waals surface area contributed by atoms with E-state index >= 15 is 0 Å². The molecule has 0 radical (unpaired) electrons. The minimum atomic E-state index is 0.0647. The molecule has 0 saturated carbocycles. The third-order valence-corrected chi connectivity index (χ3v) is 6.38. The monoisotopic (exact) mass is 339 g/mol. The summed E-state index contributed by atoms with van der Waals surface area (Å²) in [4.78, 5) is 14.1. The van der Waals surface area contributed by atoms with Crippen LogP contribution in [0.2, 0.25) is 5.02 Å². The molecule has 1 fully saturated rings. The molecule has 2 aliphatic rings. The zero-order valence-corrected chi connectivity index (χ0v) is 14.9. The van der Waals surface area contributed by atoms with Crippen molar-refractivity contribution in [2.75, 3.05) is 7.05 Å². The molecule has 1 saturated heterocycles. The van der Waals surface area contributed by atoms with Crippen molar-refractivity contribution in [3.05, 3.63) is 58.6 Å². The molecule has 4 rings (SSSR count). The number of rotatable bonds is 1. The molecule has 124 valence electrons. The van der Waals surface area contributed by atoms with E-state index in [2.05, 4.69) is 31.2 Å². The quantitative estimate of drug-likeness (QED) is 0.728. The fourth-order valence-electron chi connectivity index (χ4n) is 4.65. The Morgan fingerprint density at radius 3 is 2.75 bits per heavy atom. The van der Waals surface area contributed by atoms with Crippen molar-refractivity contribution in [1.29, 1.82) is 0 Å². The van der Waals surface area contributed by atoms with Gasteiger partial charge in [0.05, 0.1) is 0 Å². The average Bonchev–Trinajstić information content (AvgIpc) is 2.59. The maximum atomic E-state index is 12.1. The molecule has 1 aliphatic heterocycles. The Morgan fingerprint density at radius 2 is 1.96 bits per heavy atom. The number of aryl methyl sites for hydroxylation is 1. The number of likely N-dealkylation sites (tertiary alicyclic amines) is 1. The summed E-state index contributed by atoms with van der Waals surface area (Å²) >= 11 is 6.37. The first-order valence-electron chi connectivity index (χ1n) is 8.65. The lowest BCUT2D eigenvalue weighted by atomic mass is 9.63. The van der Waals surface area contributed by atoms with Crippen LogP contribution in [-0.2, 0) is 16.6 Å². The first-order valence-corrected chi connectivity index (χ1v) is 9.02. The van der Waals surface area contributed by atoms with Crippen molar-refractivity contribution in [3.63, 3.8) is 0 Å². The highest BCUT2D eigenvalue weighted by molar-refractivity contribution is 6.33. The number of likely N-dealkylation sites (N-methyl/N-ethyl adjacent to an activating group) is 1. The topological polar surface area (TPSA) is 20.3 Å². The molecule has 24 heavy (non-hydrogen) atoms. The fraction of sp³-hybridized carbons (Fsp3) is 0.381. The molecule has 0 N–H and O–H groups in total. The fourth-order valence-corrected chi connectivity index (χ4v) is 4.89. The first kappa shape index (κ1) is 15.7. The van der Waals surface area contributed by atoms with Crippen LogP contribution in [0.3, 0.4) is 0 Å². The van der Waals surface area contributed by atoms with Gasteiger partial charge in [0.2, 0.25) is 5.91 Å². The molecule has 0 unspecified atom stereocenters. The summed E-state index contributed by atoms with van der Waals surface area (Å²) in [7, 11) is 1.97. The molecule has 0 bridgehead atoms. The van der Waals surface area contributed by atoms with E-state index in [4.69, 9.17) is 11.6 Å². The first-order chi connectivity index (χ1) is 11.5. The second-order valence-electron chi connectivity index (χ2n) is 7.33. The summed E-state index contributed by atoms with van der Waals surface area (Å²) < 4.78 is 0. The lowest BCUT2D eigenvalue weighted by molar-refractivity contribution is -0.138. The Balaban J connectivity index is 1.78. The molecule has 1 amide bonds. The lowest BCUT2D eigenvalue weighted by Gasteiger charge is -2.50. The number of halogens is 1. The van der Waals surface area contributed by atoms with Gasteiger partial charge in [-0.15, -0.1) is 0 Å². The molecule has 0 aromatic heterocycles. The molecule has 0 spiro atoms. The Hall–Kier alpha value is -1.80. The number of fused-ring (bicyclic) bond motifs is 3. The second-order valence-corrected chi connectivity index (χ2v) is 7.74.